The number of nitrogens with zero attached hydrogens (tertiary/aromatic N) is 4. The molecule has 0 aliphatic heterocycles. The van der Waals surface area contributed by atoms with Crippen molar-refractivity contribution in [3.05, 3.63) is 30.0 Å². The summed E-state index contributed by atoms with van der Waals surface area (Å²) >= 11 is 0. The monoisotopic (exact) mass is 325 g/mol. The number of hydrogen-bond acceptors (Lipinski definition) is 4. The van der Waals surface area contributed by atoms with Crippen LogP contribution in [0.15, 0.2) is 24.3 Å². The van der Waals surface area contributed by atoms with E-state index in [1.54, 1.807) is 0 Å². The molecule has 0 radical (unpaired) electrons. The summed E-state index contributed by atoms with van der Waals surface area (Å²) in [5.41, 5.74) is 4.24. The van der Waals surface area contributed by atoms with E-state index < -0.39 is 0 Å². The molecule has 1 aromatic carbocycles. The lowest BCUT2D eigenvalue weighted by atomic mass is 10.1. The maximum absolute atomic E-state index is 4.89. The van der Waals surface area contributed by atoms with Crippen LogP contribution in [0.1, 0.15) is 25.5 Å². The summed E-state index contributed by atoms with van der Waals surface area (Å²) in [6.45, 7) is 7.17. The number of hydrogen-bond donors (Lipinski definition) is 1. The van der Waals surface area contributed by atoms with Gasteiger partial charge in [0.1, 0.15) is 0 Å². The molecule has 0 fully saturated rings. The van der Waals surface area contributed by atoms with Crippen molar-refractivity contribution < 1.29 is 0 Å². The van der Waals surface area contributed by atoms with Gasteiger partial charge in [-0.1, -0.05) is 25.1 Å². The highest BCUT2D eigenvalue weighted by molar-refractivity contribution is 6.07. The standard InChI is InChI=1S/C19H27N5/c1-5-12-24-19-17(14(2)22-24)18(20-11-8-13-23(3)4)15-9-6-7-10-16(15)21-19/h6-7,9-10H,5,8,11-13H2,1-4H3,(H,20,21). The molecule has 2 heterocycles. The average Bonchev–Trinajstić information content (AvgIpc) is 2.87. The molecule has 5 nitrogen and oxygen atoms in total. The summed E-state index contributed by atoms with van der Waals surface area (Å²) in [4.78, 5) is 7.10. The molecule has 3 aromatic rings. The van der Waals surface area contributed by atoms with Gasteiger partial charge in [0, 0.05) is 18.5 Å². The van der Waals surface area contributed by atoms with E-state index in [0.717, 1.165) is 54.7 Å². The van der Waals surface area contributed by atoms with Crippen molar-refractivity contribution in [3.63, 3.8) is 0 Å². The van der Waals surface area contributed by atoms with Gasteiger partial charge >= 0.3 is 0 Å². The smallest absolute Gasteiger partial charge is 0.160 e. The molecule has 1 N–H and O–H groups in total. The molecule has 0 spiro atoms. The molecule has 0 amide bonds. The van der Waals surface area contributed by atoms with Crippen LogP contribution in [0.3, 0.4) is 0 Å². The molecule has 5 heteroatoms. The number of aryl methyl sites for hydroxylation is 2. The van der Waals surface area contributed by atoms with Gasteiger partial charge in [-0.2, -0.15) is 5.10 Å². The van der Waals surface area contributed by atoms with Gasteiger partial charge in [-0.3, -0.25) is 0 Å². The van der Waals surface area contributed by atoms with E-state index in [4.69, 9.17) is 10.1 Å². The van der Waals surface area contributed by atoms with Crippen LogP contribution in [0.4, 0.5) is 5.69 Å². The van der Waals surface area contributed by atoms with E-state index >= 15 is 0 Å². The Hall–Kier alpha value is -2.14. The number of para-hydroxylation sites is 1. The highest BCUT2D eigenvalue weighted by Crippen LogP contribution is 2.32. The minimum atomic E-state index is 0.899. The Balaban J connectivity index is 2.07. The van der Waals surface area contributed by atoms with E-state index in [2.05, 4.69) is 56.4 Å². The summed E-state index contributed by atoms with van der Waals surface area (Å²) in [6, 6.07) is 8.35. The van der Waals surface area contributed by atoms with Crippen LogP contribution in [0.5, 0.6) is 0 Å². The van der Waals surface area contributed by atoms with Crippen molar-refractivity contribution in [1.29, 1.82) is 0 Å². The first-order valence-electron chi connectivity index (χ1n) is 8.76. The number of aromatic nitrogens is 3. The van der Waals surface area contributed by atoms with Gasteiger partial charge in [-0.25, -0.2) is 9.67 Å². The number of fused-ring (bicyclic) bond motifs is 2. The third kappa shape index (κ3) is 3.22. The van der Waals surface area contributed by atoms with E-state index in [9.17, 15) is 0 Å². The first-order chi connectivity index (χ1) is 11.6. The molecule has 0 aliphatic carbocycles. The third-order valence-electron chi connectivity index (χ3n) is 4.27. The first-order valence-corrected chi connectivity index (χ1v) is 8.76. The Bertz CT molecular complexity index is 835. The quantitative estimate of drug-likeness (QED) is 0.673. The van der Waals surface area contributed by atoms with Crippen molar-refractivity contribution in [2.24, 2.45) is 0 Å². The van der Waals surface area contributed by atoms with Gasteiger partial charge < -0.3 is 10.2 Å². The van der Waals surface area contributed by atoms with E-state index in [-0.39, 0.29) is 0 Å². The second-order valence-corrected chi connectivity index (χ2v) is 6.59. The molecule has 0 unspecified atom stereocenters. The fourth-order valence-corrected chi connectivity index (χ4v) is 3.17. The normalized spacial score (nSPS) is 11.7. The summed E-state index contributed by atoms with van der Waals surface area (Å²) < 4.78 is 2.04. The van der Waals surface area contributed by atoms with E-state index in [1.165, 1.54) is 11.1 Å². The number of benzene rings is 1. The van der Waals surface area contributed by atoms with Crippen molar-refractivity contribution in [1.82, 2.24) is 19.7 Å². The van der Waals surface area contributed by atoms with Crippen LogP contribution >= 0.6 is 0 Å². The van der Waals surface area contributed by atoms with Crippen LogP contribution in [-0.4, -0.2) is 46.8 Å². The topological polar surface area (TPSA) is 46.0 Å². The zero-order chi connectivity index (χ0) is 17.1. The molecule has 0 bridgehead atoms. The Labute approximate surface area is 143 Å². The second-order valence-electron chi connectivity index (χ2n) is 6.59. The zero-order valence-corrected chi connectivity index (χ0v) is 15.1. The molecule has 3 rings (SSSR count). The third-order valence-corrected chi connectivity index (χ3v) is 4.27. The van der Waals surface area contributed by atoms with Crippen LogP contribution in [0, 0.1) is 6.92 Å². The van der Waals surface area contributed by atoms with Gasteiger partial charge in [-0.15, -0.1) is 0 Å². The van der Waals surface area contributed by atoms with Crippen LogP contribution in [0.2, 0.25) is 0 Å². The molecular weight excluding hydrogens is 298 g/mol. The predicted molar refractivity (Wildman–Crippen MR) is 102 cm³/mol. The number of pyridine rings is 1. The fourth-order valence-electron chi connectivity index (χ4n) is 3.17. The van der Waals surface area contributed by atoms with Gasteiger partial charge in [0.2, 0.25) is 0 Å². The highest BCUT2D eigenvalue weighted by Gasteiger charge is 2.16. The number of rotatable bonds is 7. The minimum Gasteiger partial charge on any atom is -0.384 e. The lowest BCUT2D eigenvalue weighted by molar-refractivity contribution is 0.405. The number of nitrogens with one attached hydrogen (secondary N) is 1. The van der Waals surface area contributed by atoms with Gasteiger partial charge in [-0.05, 0) is 46.5 Å². The van der Waals surface area contributed by atoms with Crippen molar-refractivity contribution >= 4 is 27.6 Å². The zero-order valence-electron chi connectivity index (χ0n) is 15.1. The Morgan fingerprint density at radius 1 is 1.21 bits per heavy atom. The molecule has 128 valence electrons. The molecule has 2 aromatic heterocycles. The molecule has 0 saturated heterocycles. The summed E-state index contributed by atoms with van der Waals surface area (Å²) in [5.74, 6) is 0. The summed E-state index contributed by atoms with van der Waals surface area (Å²) in [5, 5.41) is 10.7. The first kappa shape index (κ1) is 16.7. The van der Waals surface area contributed by atoms with Crippen molar-refractivity contribution in [2.75, 3.05) is 32.5 Å². The lowest BCUT2D eigenvalue weighted by Crippen LogP contribution is -2.16. The van der Waals surface area contributed by atoms with Crippen LogP contribution in [-0.2, 0) is 6.54 Å². The highest BCUT2D eigenvalue weighted by atomic mass is 15.3. The Morgan fingerprint density at radius 2 is 2.00 bits per heavy atom. The van der Waals surface area contributed by atoms with Gasteiger partial charge in [0.25, 0.3) is 0 Å². The van der Waals surface area contributed by atoms with Crippen LogP contribution < -0.4 is 5.32 Å². The van der Waals surface area contributed by atoms with Gasteiger partial charge in [0.05, 0.1) is 22.3 Å². The predicted octanol–water partition coefficient (Wildman–Crippen LogP) is 3.67. The Kier molecular flexibility index (Phi) is 5.00. The molecular formula is C19H27N5. The SMILES string of the molecule is CCCn1nc(C)c2c(NCCCN(C)C)c3ccccc3nc21. The molecule has 0 atom stereocenters. The maximum atomic E-state index is 4.89. The molecule has 24 heavy (non-hydrogen) atoms. The fraction of sp³-hybridized carbons (Fsp3) is 0.474. The van der Waals surface area contributed by atoms with E-state index in [0.29, 0.717) is 0 Å². The second kappa shape index (κ2) is 7.18. The minimum absolute atomic E-state index is 0.899. The van der Waals surface area contributed by atoms with Crippen molar-refractivity contribution in [3.8, 4) is 0 Å². The van der Waals surface area contributed by atoms with Gasteiger partial charge in [0.15, 0.2) is 5.65 Å². The average molecular weight is 325 g/mol. The largest absolute Gasteiger partial charge is 0.384 e. The number of anilines is 1. The van der Waals surface area contributed by atoms with Crippen molar-refractivity contribution in [2.45, 2.75) is 33.2 Å². The molecule has 0 saturated carbocycles. The lowest BCUT2D eigenvalue weighted by Gasteiger charge is -2.14. The summed E-state index contributed by atoms with van der Waals surface area (Å²) in [6.07, 6.45) is 2.16. The Morgan fingerprint density at radius 3 is 2.75 bits per heavy atom. The van der Waals surface area contributed by atoms with E-state index in [1.807, 2.05) is 10.7 Å². The maximum Gasteiger partial charge on any atom is 0.160 e. The summed E-state index contributed by atoms with van der Waals surface area (Å²) in [7, 11) is 4.22. The molecule has 0 aliphatic rings. The van der Waals surface area contributed by atoms with Crippen LogP contribution in [0.25, 0.3) is 21.9 Å².